The van der Waals surface area contributed by atoms with Gasteiger partial charge in [-0.1, -0.05) is 37.3 Å². The van der Waals surface area contributed by atoms with Crippen LogP contribution in [0.4, 0.5) is 0 Å². The summed E-state index contributed by atoms with van der Waals surface area (Å²) < 4.78 is 2.08. The van der Waals surface area contributed by atoms with Crippen LogP contribution in [-0.4, -0.2) is 16.3 Å². The second kappa shape index (κ2) is 5.64. The van der Waals surface area contributed by atoms with Gasteiger partial charge in [0.25, 0.3) is 0 Å². The maximum Gasteiger partial charge on any atom is 0.0663 e. The molecule has 1 N–H and O–H groups in total. The monoisotopic (exact) mass is 229 g/mol. The number of nitrogens with zero attached hydrogens (tertiary/aromatic N) is 2. The molecule has 0 saturated carbocycles. The van der Waals surface area contributed by atoms with E-state index in [1.54, 1.807) is 0 Å². The number of hydrogen-bond acceptors (Lipinski definition) is 2. The van der Waals surface area contributed by atoms with Crippen LogP contribution >= 0.6 is 0 Å². The Morgan fingerprint density at radius 1 is 1.24 bits per heavy atom. The number of hydrogen-bond donors (Lipinski definition) is 1. The van der Waals surface area contributed by atoms with E-state index in [0.717, 1.165) is 19.6 Å². The zero-order valence-electron chi connectivity index (χ0n) is 10.5. The molecule has 0 bridgehead atoms. The molecule has 0 amide bonds. The van der Waals surface area contributed by atoms with Crippen LogP contribution in [0.1, 0.15) is 23.7 Å². The minimum absolute atomic E-state index is 0.843. The molecule has 17 heavy (non-hydrogen) atoms. The maximum absolute atomic E-state index is 4.44. The molecule has 1 aromatic heterocycles. The Morgan fingerprint density at radius 3 is 2.71 bits per heavy atom. The van der Waals surface area contributed by atoms with E-state index < -0.39 is 0 Å². The van der Waals surface area contributed by atoms with Crippen LogP contribution in [0, 0.1) is 6.92 Å². The van der Waals surface area contributed by atoms with Crippen molar-refractivity contribution in [3.63, 3.8) is 0 Å². The number of aromatic nitrogens is 2. The SMILES string of the molecule is CCNCc1c(C)cnn1Cc1ccccc1. The lowest BCUT2D eigenvalue weighted by molar-refractivity contribution is 0.604. The minimum atomic E-state index is 0.843. The number of rotatable bonds is 5. The van der Waals surface area contributed by atoms with Gasteiger partial charge in [0.1, 0.15) is 0 Å². The summed E-state index contributed by atoms with van der Waals surface area (Å²) in [4.78, 5) is 0. The van der Waals surface area contributed by atoms with Crippen LogP contribution in [-0.2, 0) is 13.1 Å². The lowest BCUT2D eigenvalue weighted by atomic mass is 10.2. The second-order valence-corrected chi connectivity index (χ2v) is 4.20. The van der Waals surface area contributed by atoms with E-state index in [4.69, 9.17) is 0 Å². The molecule has 0 saturated heterocycles. The van der Waals surface area contributed by atoms with Crippen molar-refractivity contribution in [3.8, 4) is 0 Å². The summed E-state index contributed by atoms with van der Waals surface area (Å²) in [6.45, 7) is 6.94. The van der Waals surface area contributed by atoms with Gasteiger partial charge in [0, 0.05) is 6.54 Å². The fourth-order valence-corrected chi connectivity index (χ4v) is 1.87. The third-order valence-corrected chi connectivity index (χ3v) is 2.88. The van der Waals surface area contributed by atoms with Crippen molar-refractivity contribution in [2.45, 2.75) is 26.9 Å². The standard InChI is InChI=1S/C14H19N3/c1-3-15-10-14-12(2)9-16-17(14)11-13-7-5-4-6-8-13/h4-9,15H,3,10-11H2,1-2H3. The van der Waals surface area contributed by atoms with Crippen molar-refractivity contribution >= 4 is 0 Å². The lowest BCUT2D eigenvalue weighted by Crippen LogP contribution is -2.17. The summed E-state index contributed by atoms with van der Waals surface area (Å²) in [6, 6.07) is 10.4. The fraction of sp³-hybridized carbons (Fsp3) is 0.357. The second-order valence-electron chi connectivity index (χ2n) is 4.20. The molecule has 0 aliphatic rings. The number of nitrogens with one attached hydrogen (secondary N) is 1. The summed E-state index contributed by atoms with van der Waals surface area (Å²) in [5.41, 5.74) is 3.81. The molecule has 90 valence electrons. The van der Waals surface area contributed by atoms with Gasteiger partial charge in [-0.05, 0) is 24.6 Å². The highest BCUT2D eigenvalue weighted by atomic mass is 15.3. The largest absolute Gasteiger partial charge is 0.311 e. The lowest BCUT2D eigenvalue weighted by Gasteiger charge is -2.09. The van der Waals surface area contributed by atoms with Gasteiger partial charge in [-0.3, -0.25) is 4.68 Å². The molecule has 0 unspecified atom stereocenters. The Morgan fingerprint density at radius 2 is 2.00 bits per heavy atom. The molecule has 2 rings (SSSR count). The first-order chi connectivity index (χ1) is 8.31. The van der Waals surface area contributed by atoms with Gasteiger partial charge in [0.2, 0.25) is 0 Å². The van der Waals surface area contributed by atoms with Gasteiger partial charge in [-0.15, -0.1) is 0 Å². The van der Waals surface area contributed by atoms with Crippen LogP contribution in [0.3, 0.4) is 0 Å². The van der Waals surface area contributed by atoms with E-state index in [2.05, 4.69) is 53.2 Å². The van der Waals surface area contributed by atoms with Gasteiger partial charge in [0.15, 0.2) is 0 Å². The molecule has 3 heteroatoms. The first-order valence-corrected chi connectivity index (χ1v) is 6.07. The Hall–Kier alpha value is -1.61. The van der Waals surface area contributed by atoms with Crippen LogP contribution in [0.2, 0.25) is 0 Å². The molecular formula is C14H19N3. The zero-order chi connectivity index (χ0) is 12.1. The Bertz CT molecular complexity index is 460. The summed E-state index contributed by atoms with van der Waals surface area (Å²) in [7, 11) is 0. The number of aryl methyl sites for hydroxylation is 1. The zero-order valence-corrected chi connectivity index (χ0v) is 10.5. The van der Waals surface area contributed by atoms with Gasteiger partial charge in [-0.2, -0.15) is 5.10 Å². The molecule has 3 nitrogen and oxygen atoms in total. The summed E-state index contributed by atoms with van der Waals surface area (Å²) in [6.07, 6.45) is 1.94. The van der Waals surface area contributed by atoms with Gasteiger partial charge in [-0.25, -0.2) is 0 Å². The summed E-state index contributed by atoms with van der Waals surface area (Å²) in [5, 5.41) is 7.80. The molecule has 1 heterocycles. The van der Waals surface area contributed by atoms with Crippen molar-refractivity contribution in [2.75, 3.05) is 6.54 Å². The molecule has 0 aliphatic carbocycles. The molecule has 0 spiro atoms. The molecule has 0 radical (unpaired) electrons. The Balaban J connectivity index is 2.15. The van der Waals surface area contributed by atoms with Crippen molar-refractivity contribution in [1.29, 1.82) is 0 Å². The normalized spacial score (nSPS) is 10.7. The fourth-order valence-electron chi connectivity index (χ4n) is 1.87. The average molecular weight is 229 g/mol. The van der Waals surface area contributed by atoms with Crippen molar-refractivity contribution in [1.82, 2.24) is 15.1 Å². The summed E-state index contributed by atoms with van der Waals surface area (Å²) in [5.74, 6) is 0. The predicted molar refractivity (Wildman–Crippen MR) is 69.9 cm³/mol. The van der Waals surface area contributed by atoms with Gasteiger partial charge in [0.05, 0.1) is 18.4 Å². The van der Waals surface area contributed by atoms with Crippen molar-refractivity contribution in [3.05, 3.63) is 53.3 Å². The molecule has 0 atom stereocenters. The first kappa shape index (κ1) is 11.9. The van der Waals surface area contributed by atoms with E-state index >= 15 is 0 Å². The van der Waals surface area contributed by atoms with E-state index in [9.17, 15) is 0 Å². The third kappa shape index (κ3) is 2.94. The quantitative estimate of drug-likeness (QED) is 0.853. The van der Waals surface area contributed by atoms with E-state index in [1.807, 2.05) is 12.3 Å². The molecular weight excluding hydrogens is 210 g/mol. The van der Waals surface area contributed by atoms with Crippen molar-refractivity contribution in [2.24, 2.45) is 0 Å². The maximum atomic E-state index is 4.44. The Labute approximate surface area is 102 Å². The molecule has 1 aromatic carbocycles. The molecule has 0 aliphatic heterocycles. The molecule has 0 fully saturated rings. The minimum Gasteiger partial charge on any atom is -0.311 e. The van der Waals surface area contributed by atoms with Gasteiger partial charge < -0.3 is 5.32 Å². The average Bonchev–Trinajstić information content (AvgIpc) is 2.69. The highest BCUT2D eigenvalue weighted by molar-refractivity contribution is 5.19. The van der Waals surface area contributed by atoms with E-state index in [0.29, 0.717) is 0 Å². The summed E-state index contributed by atoms with van der Waals surface area (Å²) >= 11 is 0. The van der Waals surface area contributed by atoms with Crippen LogP contribution in [0.15, 0.2) is 36.5 Å². The van der Waals surface area contributed by atoms with Crippen LogP contribution in [0.5, 0.6) is 0 Å². The smallest absolute Gasteiger partial charge is 0.0663 e. The highest BCUT2D eigenvalue weighted by Crippen LogP contribution is 2.10. The third-order valence-electron chi connectivity index (χ3n) is 2.88. The van der Waals surface area contributed by atoms with E-state index in [-0.39, 0.29) is 0 Å². The predicted octanol–water partition coefficient (Wildman–Crippen LogP) is 2.35. The number of benzene rings is 1. The van der Waals surface area contributed by atoms with Gasteiger partial charge >= 0.3 is 0 Å². The van der Waals surface area contributed by atoms with Crippen LogP contribution in [0.25, 0.3) is 0 Å². The van der Waals surface area contributed by atoms with E-state index in [1.165, 1.54) is 16.8 Å². The van der Waals surface area contributed by atoms with Crippen molar-refractivity contribution < 1.29 is 0 Å². The highest BCUT2D eigenvalue weighted by Gasteiger charge is 2.06. The molecule has 2 aromatic rings. The topological polar surface area (TPSA) is 29.9 Å². The Kier molecular flexibility index (Phi) is 3.94. The van der Waals surface area contributed by atoms with Crippen LogP contribution < -0.4 is 5.32 Å². The first-order valence-electron chi connectivity index (χ1n) is 6.07.